The van der Waals surface area contributed by atoms with E-state index in [-0.39, 0.29) is 12.3 Å². The lowest BCUT2D eigenvalue weighted by Gasteiger charge is -2.17. The Labute approximate surface area is 127 Å². The molecule has 2 aromatic carbocycles. The van der Waals surface area contributed by atoms with Crippen molar-refractivity contribution in [3.63, 3.8) is 0 Å². The molecule has 0 aliphatic rings. The van der Waals surface area contributed by atoms with Gasteiger partial charge in [0.05, 0.1) is 12.5 Å². The lowest BCUT2D eigenvalue weighted by molar-refractivity contribution is -0.137. The SMILES string of the molecule is O=C(O)CC(NC(=O)c1ccccc1)c1ccc(Cl)cc1. The number of hydrogen-bond donors (Lipinski definition) is 2. The topological polar surface area (TPSA) is 66.4 Å². The van der Waals surface area contributed by atoms with Crippen molar-refractivity contribution in [3.8, 4) is 0 Å². The summed E-state index contributed by atoms with van der Waals surface area (Å²) in [6.07, 6.45) is -0.194. The maximum absolute atomic E-state index is 12.1. The largest absolute Gasteiger partial charge is 0.481 e. The molecule has 0 spiro atoms. The molecule has 21 heavy (non-hydrogen) atoms. The first kappa shape index (κ1) is 15.1. The number of rotatable bonds is 5. The molecule has 0 saturated heterocycles. The van der Waals surface area contributed by atoms with Gasteiger partial charge in [0.2, 0.25) is 0 Å². The summed E-state index contributed by atoms with van der Waals surface area (Å²) < 4.78 is 0. The molecule has 5 heteroatoms. The van der Waals surface area contributed by atoms with Crippen LogP contribution in [0.3, 0.4) is 0 Å². The molecule has 4 nitrogen and oxygen atoms in total. The van der Waals surface area contributed by atoms with Gasteiger partial charge in [-0.3, -0.25) is 9.59 Å². The summed E-state index contributed by atoms with van der Waals surface area (Å²) in [7, 11) is 0. The van der Waals surface area contributed by atoms with Crippen molar-refractivity contribution in [1.29, 1.82) is 0 Å². The van der Waals surface area contributed by atoms with Crippen LogP contribution in [0.2, 0.25) is 5.02 Å². The molecule has 0 aliphatic carbocycles. The van der Waals surface area contributed by atoms with E-state index in [4.69, 9.17) is 16.7 Å². The van der Waals surface area contributed by atoms with Crippen LogP contribution in [0.25, 0.3) is 0 Å². The van der Waals surface area contributed by atoms with Crippen molar-refractivity contribution in [2.75, 3.05) is 0 Å². The smallest absolute Gasteiger partial charge is 0.305 e. The van der Waals surface area contributed by atoms with Crippen LogP contribution in [0.15, 0.2) is 54.6 Å². The number of halogens is 1. The number of nitrogens with one attached hydrogen (secondary N) is 1. The van der Waals surface area contributed by atoms with Gasteiger partial charge in [0.1, 0.15) is 0 Å². The summed E-state index contributed by atoms with van der Waals surface area (Å²) in [6.45, 7) is 0. The van der Waals surface area contributed by atoms with Crippen LogP contribution in [0.5, 0.6) is 0 Å². The third kappa shape index (κ3) is 4.33. The highest BCUT2D eigenvalue weighted by Gasteiger charge is 2.18. The van der Waals surface area contributed by atoms with Crippen molar-refractivity contribution in [2.24, 2.45) is 0 Å². The first-order valence-corrected chi connectivity index (χ1v) is 6.77. The Bertz CT molecular complexity index is 626. The van der Waals surface area contributed by atoms with Gasteiger partial charge < -0.3 is 10.4 Å². The van der Waals surface area contributed by atoms with Crippen LogP contribution in [-0.2, 0) is 4.79 Å². The van der Waals surface area contributed by atoms with Crippen LogP contribution >= 0.6 is 11.6 Å². The average Bonchev–Trinajstić information content (AvgIpc) is 2.48. The van der Waals surface area contributed by atoms with Gasteiger partial charge in [-0.15, -0.1) is 0 Å². The summed E-state index contributed by atoms with van der Waals surface area (Å²) in [5.74, 6) is -1.29. The fourth-order valence-electron chi connectivity index (χ4n) is 1.95. The summed E-state index contributed by atoms with van der Waals surface area (Å²) >= 11 is 5.82. The maximum Gasteiger partial charge on any atom is 0.305 e. The molecule has 0 saturated carbocycles. The minimum Gasteiger partial charge on any atom is -0.481 e. The molecule has 1 amide bonds. The molecular weight excluding hydrogens is 290 g/mol. The molecule has 1 atom stereocenters. The highest BCUT2D eigenvalue weighted by atomic mass is 35.5. The monoisotopic (exact) mass is 303 g/mol. The van der Waals surface area contributed by atoms with E-state index >= 15 is 0 Å². The third-order valence-electron chi connectivity index (χ3n) is 2.99. The number of carbonyl (C=O) groups is 2. The fourth-order valence-corrected chi connectivity index (χ4v) is 2.08. The van der Waals surface area contributed by atoms with Crippen molar-refractivity contribution >= 4 is 23.5 Å². The number of carboxylic acids is 1. The molecule has 0 aliphatic heterocycles. The Hall–Kier alpha value is -2.33. The van der Waals surface area contributed by atoms with Gasteiger partial charge in [0, 0.05) is 10.6 Å². The van der Waals surface area contributed by atoms with E-state index in [1.54, 1.807) is 48.5 Å². The Balaban J connectivity index is 2.18. The predicted molar refractivity (Wildman–Crippen MR) is 80.4 cm³/mol. The van der Waals surface area contributed by atoms with Gasteiger partial charge in [-0.2, -0.15) is 0 Å². The van der Waals surface area contributed by atoms with E-state index in [1.807, 2.05) is 6.07 Å². The van der Waals surface area contributed by atoms with Crippen molar-refractivity contribution in [2.45, 2.75) is 12.5 Å². The number of carbonyl (C=O) groups excluding carboxylic acids is 1. The number of benzene rings is 2. The third-order valence-corrected chi connectivity index (χ3v) is 3.24. The Morgan fingerprint density at radius 3 is 2.24 bits per heavy atom. The second-order valence-corrected chi connectivity index (χ2v) is 4.98. The van der Waals surface area contributed by atoms with Gasteiger partial charge in [-0.1, -0.05) is 41.9 Å². The van der Waals surface area contributed by atoms with E-state index < -0.39 is 12.0 Å². The first-order valence-electron chi connectivity index (χ1n) is 6.39. The normalized spacial score (nSPS) is 11.7. The zero-order valence-electron chi connectivity index (χ0n) is 11.1. The lowest BCUT2D eigenvalue weighted by Crippen LogP contribution is -2.30. The predicted octanol–water partition coefficient (Wildman–Crippen LogP) is 3.29. The molecule has 108 valence electrons. The Kier molecular flexibility index (Phi) is 4.95. The van der Waals surface area contributed by atoms with Crippen molar-refractivity contribution in [3.05, 3.63) is 70.7 Å². The van der Waals surface area contributed by atoms with E-state index in [1.165, 1.54) is 0 Å². The summed E-state index contributed by atoms with van der Waals surface area (Å²) in [5, 5.41) is 12.3. The Morgan fingerprint density at radius 1 is 1.05 bits per heavy atom. The maximum atomic E-state index is 12.1. The van der Waals surface area contributed by atoms with Gasteiger partial charge in [0.15, 0.2) is 0 Å². The first-order chi connectivity index (χ1) is 10.1. The molecule has 1 unspecified atom stereocenters. The highest BCUT2D eigenvalue weighted by molar-refractivity contribution is 6.30. The Morgan fingerprint density at radius 2 is 1.67 bits per heavy atom. The average molecular weight is 304 g/mol. The molecule has 2 aromatic rings. The minimum absolute atomic E-state index is 0.194. The second kappa shape index (κ2) is 6.90. The summed E-state index contributed by atoms with van der Waals surface area (Å²) in [6, 6.07) is 14.8. The van der Waals surface area contributed by atoms with Gasteiger partial charge in [-0.05, 0) is 29.8 Å². The number of aliphatic carboxylic acids is 1. The van der Waals surface area contributed by atoms with Crippen LogP contribution < -0.4 is 5.32 Å². The summed E-state index contributed by atoms with van der Waals surface area (Å²) in [5.41, 5.74) is 1.19. The molecule has 2 rings (SSSR count). The van der Waals surface area contributed by atoms with Crippen LogP contribution in [0, 0.1) is 0 Å². The second-order valence-electron chi connectivity index (χ2n) is 4.54. The molecule has 0 radical (unpaired) electrons. The van der Waals surface area contributed by atoms with E-state index in [0.29, 0.717) is 16.1 Å². The lowest BCUT2D eigenvalue weighted by atomic mass is 10.0. The zero-order valence-corrected chi connectivity index (χ0v) is 11.9. The van der Waals surface area contributed by atoms with Crippen LogP contribution in [0.1, 0.15) is 28.4 Å². The van der Waals surface area contributed by atoms with E-state index in [2.05, 4.69) is 5.32 Å². The molecule has 0 fully saturated rings. The summed E-state index contributed by atoms with van der Waals surface area (Å²) in [4.78, 5) is 23.1. The minimum atomic E-state index is -0.983. The number of hydrogen-bond acceptors (Lipinski definition) is 2. The zero-order chi connectivity index (χ0) is 15.2. The van der Waals surface area contributed by atoms with Crippen LogP contribution in [0.4, 0.5) is 0 Å². The quantitative estimate of drug-likeness (QED) is 0.890. The molecule has 2 N–H and O–H groups in total. The standard InChI is InChI=1S/C16H14ClNO3/c17-13-8-6-11(7-9-13)14(10-15(19)20)18-16(21)12-4-2-1-3-5-12/h1-9,14H,10H2,(H,18,21)(H,19,20). The van der Waals surface area contributed by atoms with Crippen molar-refractivity contribution < 1.29 is 14.7 Å². The molecule has 0 aromatic heterocycles. The molecule has 0 bridgehead atoms. The van der Waals surface area contributed by atoms with Gasteiger partial charge in [0.25, 0.3) is 5.91 Å². The van der Waals surface area contributed by atoms with E-state index in [0.717, 1.165) is 0 Å². The van der Waals surface area contributed by atoms with E-state index in [9.17, 15) is 9.59 Å². The highest BCUT2D eigenvalue weighted by Crippen LogP contribution is 2.20. The molecular formula is C16H14ClNO3. The van der Waals surface area contributed by atoms with Crippen LogP contribution in [-0.4, -0.2) is 17.0 Å². The van der Waals surface area contributed by atoms with Gasteiger partial charge in [-0.25, -0.2) is 0 Å². The number of amides is 1. The molecule has 0 heterocycles. The van der Waals surface area contributed by atoms with Gasteiger partial charge >= 0.3 is 5.97 Å². The number of carboxylic acid groups (broad SMARTS) is 1. The fraction of sp³-hybridized carbons (Fsp3) is 0.125. The van der Waals surface area contributed by atoms with Crippen molar-refractivity contribution in [1.82, 2.24) is 5.32 Å².